The normalized spacial score (nSPS) is 11.2. The van der Waals surface area contributed by atoms with Crippen molar-refractivity contribution in [3.05, 3.63) is 120 Å². The zero-order valence-electron chi connectivity index (χ0n) is 17.4. The van der Waals surface area contributed by atoms with E-state index in [1.807, 2.05) is 103 Å². The zero-order chi connectivity index (χ0) is 21.5. The molecule has 0 spiro atoms. The van der Waals surface area contributed by atoms with Gasteiger partial charge in [-0.3, -0.25) is 0 Å². The number of hydrogen-bond acceptors (Lipinski definition) is 4. The fourth-order valence-corrected chi connectivity index (χ4v) is 3.40. The van der Waals surface area contributed by atoms with Gasteiger partial charge in [0, 0.05) is 16.8 Å². The Bertz CT molecular complexity index is 1170. The number of oxime groups is 1. The summed E-state index contributed by atoms with van der Waals surface area (Å²) in [5.74, 6) is 0.763. The Hall–Kier alpha value is -4.05. The van der Waals surface area contributed by atoms with Crippen molar-refractivity contribution >= 4 is 11.4 Å². The molecule has 0 unspecified atom stereocenters. The highest BCUT2D eigenvalue weighted by atomic mass is 16.6. The lowest BCUT2D eigenvalue weighted by Gasteiger charge is -2.15. The number of anilines is 1. The first-order valence-corrected chi connectivity index (χ1v) is 10.1. The molecule has 0 heterocycles. The zero-order valence-corrected chi connectivity index (χ0v) is 17.4. The number of ether oxygens (including phenoxy) is 1. The molecule has 31 heavy (non-hydrogen) atoms. The summed E-state index contributed by atoms with van der Waals surface area (Å²) in [4.78, 5) is 5.79. The van der Waals surface area contributed by atoms with Gasteiger partial charge in [0.15, 0.2) is 0 Å². The Balaban J connectivity index is 1.80. The van der Waals surface area contributed by atoms with E-state index in [4.69, 9.17) is 15.3 Å². The van der Waals surface area contributed by atoms with E-state index < -0.39 is 0 Å². The molecule has 0 aliphatic carbocycles. The molecule has 4 heteroatoms. The van der Waals surface area contributed by atoms with E-state index in [-0.39, 0.29) is 0 Å². The second kappa shape index (κ2) is 9.63. The minimum absolute atomic E-state index is 0.390. The number of nitrogens with zero attached hydrogens (tertiary/aromatic N) is 1. The van der Waals surface area contributed by atoms with Gasteiger partial charge in [0.2, 0.25) is 0 Å². The lowest BCUT2D eigenvalue weighted by atomic mass is 9.93. The van der Waals surface area contributed by atoms with Crippen LogP contribution in [0, 0.1) is 0 Å². The predicted molar refractivity (Wildman–Crippen MR) is 126 cm³/mol. The second-order valence-electron chi connectivity index (χ2n) is 7.10. The van der Waals surface area contributed by atoms with Crippen molar-refractivity contribution in [3.8, 4) is 16.9 Å². The van der Waals surface area contributed by atoms with Gasteiger partial charge in [-0.1, -0.05) is 78.0 Å². The number of benzene rings is 4. The van der Waals surface area contributed by atoms with E-state index in [1.54, 1.807) is 7.11 Å². The van der Waals surface area contributed by atoms with Crippen LogP contribution in [0.4, 0.5) is 5.69 Å². The van der Waals surface area contributed by atoms with Gasteiger partial charge in [-0.05, 0) is 47.0 Å². The summed E-state index contributed by atoms with van der Waals surface area (Å²) in [6.45, 7) is 0.390. The van der Waals surface area contributed by atoms with E-state index in [9.17, 15) is 0 Å². The summed E-state index contributed by atoms with van der Waals surface area (Å²) in [6.07, 6.45) is 0. The van der Waals surface area contributed by atoms with Gasteiger partial charge in [-0.15, -0.1) is 0 Å². The maximum absolute atomic E-state index is 6.06. The third-order valence-electron chi connectivity index (χ3n) is 4.96. The number of rotatable bonds is 7. The third kappa shape index (κ3) is 4.93. The van der Waals surface area contributed by atoms with Gasteiger partial charge in [0.1, 0.15) is 18.1 Å². The first-order valence-electron chi connectivity index (χ1n) is 10.1. The largest absolute Gasteiger partial charge is 0.497 e. The lowest BCUT2D eigenvalue weighted by Crippen LogP contribution is -2.07. The van der Waals surface area contributed by atoms with Crippen LogP contribution < -0.4 is 10.5 Å². The smallest absolute Gasteiger partial charge is 0.142 e. The number of methoxy groups -OCH3 is 1. The molecular weight excluding hydrogens is 384 g/mol. The molecule has 0 saturated carbocycles. The summed E-state index contributed by atoms with van der Waals surface area (Å²) in [5, 5.41) is 4.57. The molecule has 4 aromatic rings. The Morgan fingerprint density at radius 1 is 0.806 bits per heavy atom. The topological polar surface area (TPSA) is 56.8 Å². The molecule has 4 rings (SSSR count). The number of hydrogen-bond donors (Lipinski definition) is 1. The summed E-state index contributed by atoms with van der Waals surface area (Å²) in [7, 11) is 1.66. The number of nitrogen functional groups attached to an aromatic ring is 1. The van der Waals surface area contributed by atoms with Gasteiger partial charge < -0.3 is 15.3 Å². The standard InChI is InChI=1S/C27H24N2O2/c1-30-24-15-16-25(26(18-24)22-13-8-14-23(28)17-22)27(21-11-6-3-7-12-21)29-31-19-20-9-4-2-5-10-20/h2-18H,19,28H2,1H3. The molecule has 0 atom stereocenters. The average molecular weight is 409 g/mol. The third-order valence-corrected chi connectivity index (χ3v) is 4.96. The summed E-state index contributed by atoms with van der Waals surface area (Å²) in [6, 6.07) is 33.8. The van der Waals surface area contributed by atoms with Crippen molar-refractivity contribution < 1.29 is 9.57 Å². The van der Waals surface area contributed by atoms with Crippen LogP contribution in [-0.2, 0) is 11.4 Å². The van der Waals surface area contributed by atoms with Crippen molar-refractivity contribution in [2.24, 2.45) is 5.16 Å². The van der Waals surface area contributed by atoms with Crippen molar-refractivity contribution in [2.75, 3.05) is 12.8 Å². The molecule has 0 bridgehead atoms. The van der Waals surface area contributed by atoms with Crippen LogP contribution in [-0.4, -0.2) is 12.8 Å². The highest BCUT2D eigenvalue weighted by Gasteiger charge is 2.16. The monoisotopic (exact) mass is 408 g/mol. The van der Waals surface area contributed by atoms with E-state index in [1.165, 1.54) is 0 Å². The van der Waals surface area contributed by atoms with E-state index in [2.05, 4.69) is 5.16 Å². The van der Waals surface area contributed by atoms with Crippen molar-refractivity contribution in [1.82, 2.24) is 0 Å². The summed E-state index contributed by atoms with van der Waals surface area (Å²) in [5.41, 5.74) is 12.4. The van der Waals surface area contributed by atoms with Crippen LogP contribution in [0.1, 0.15) is 16.7 Å². The average Bonchev–Trinajstić information content (AvgIpc) is 2.83. The first-order chi connectivity index (χ1) is 15.2. The molecule has 4 nitrogen and oxygen atoms in total. The van der Waals surface area contributed by atoms with Crippen LogP contribution in [0.3, 0.4) is 0 Å². The Labute approximate surface area is 182 Å². The van der Waals surface area contributed by atoms with Gasteiger partial charge in [-0.2, -0.15) is 0 Å². The Kier molecular flexibility index (Phi) is 6.29. The molecule has 0 aliphatic rings. The van der Waals surface area contributed by atoms with Crippen molar-refractivity contribution in [1.29, 1.82) is 0 Å². The molecular formula is C27H24N2O2. The highest BCUT2D eigenvalue weighted by Crippen LogP contribution is 2.31. The Morgan fingerprint density at radius 3 is 2.26 bits per heavy atom. The SMILES string of the molecule is COc1ccc(C(=NOCc2ccccc2)c2ccccc2)c(-c2cccc(N)c2)c1. The molecule has 0 fully saturated rings. The second-order valence-corrected chi connectivity index (χ2v) is 7.10. The molecule has 154 valence electrons. The maximum Gasteiger partial charge on any atom is 0.142 e. The van der Waals surface area contributed by atoms with Gasteiger partial charge >= 0.3 is 0 Å². The highest BCUT2D eigenvalue weighted by molar-refractivity contribution is 6.16. The lowest BCUT2D eigenvalue weighted by molar-refractivity contribution is 0.131. The predicted octanol–water partition coefficient (Wildman–Crippen LogP) is 5.91. The minimum Gasteiger partial charge on any atom is -0.497 e. The molecule has 2 N–H and O–H groups in total. The summed E-state index contributed by atoms with van der Waals surface area (Å²) >= 11 is 0. The van der Waals surface area contributed by atoms with Gasteiger partial charge in [0.25, 0.3) is 0 Å². The maximum atomic E-state index is 6.06. The van der Waals surface area contributed by atoms with E-state index >= 15 is 0 Å². The molecule has 0 radical (unpaired) electrons. The Morgan fingerprint density at radius 2 is 1.55 bits per heavy atom. The van der Waals surface area contributed by atoms with Crippen LogP contribution >= 0.6 is 0 Å². The molecule has 0 saturated heterocycles. The first kappa shape index (κ1) is 20.2. The fraction of sp³-hybridized carbons (Fsp3) is 0.0741. The van der Waals surface area contributed by atoms with Gasteiger partial charge in [0.05, 0.1) is 7.11 Å². The fourth-order valence-electron chi connectivity index (χ4n) is 3.40. The van der Waals surface area contributed by atoms with Crippen molar-refractivity contribution in [2.45, 2.75) is 6.61 Å². The minimum atomic E-state index is 0.390. The van der Waals surface area contributed by atoms with Gasteiger partial charge in [-0.25, -0.2) is 0 Å². The van der Waals surface area contributed by atoms with E-state index in [0.29, 0.717) is 12.3 Å². The molecule has 4 aromatic carbocycles. The van der Waals surface area contributed by atoms with Crippen LogP contribution in [0.15, 0.2) is 108 Å². The molecule has 0 aromatic heterocycles. The van der Waals surface area contributed by atoms with Crippen LogP contribution in [0.2, 0.25) is 0 Å². The molecule has 0 aliphatic heterocycles. The van der Waals surface area contributed by atoms with Crippen LogP contribution in [0.5, 0.6) is 5.75 Å². The van der Waals surface area contributed by atoms with E-state index in [0.717, 1.165) is 39.3 Å². The van der Waals surface area contributed by atoms with Crippen molar-refractivity contribution in [3.63, 3.8) is 0 Å². The quantitative estimate of drug-likeness (QED) is 0.235. The van der Waals surface area contributed by atoms with Crippen LogP contribution in [0.25, 0.3) is 11.1 Å². The summed E-state index contributed by atoms with van der Waals surface area (Å²) < 4.78 is 5.48. The number of nitrogens with two attached hydrogens (primary N) is 1. The molecule has 0 amide bonds.